The van der Waals surface area contributed by atoms with Gasteiger partial charge in [0, 0.05) is 6.54 Å². The van der Waals surface area contributed by atoms with Crippen LogP contribution in [0.15, 0.2) is 24.4 Å². The van der Waals surface area contributed by atoms with Gasteiger partial charge in [0.05, 0.1) is 23.0 Å². The molecule has 0 aliphatic heterocycles. The van der Waals surface area contributed by atoms with E-state index in [1.54, 1.807) is 6.20 Å². The lowest BCUT2D eigenvalue weighted by Gasteiger charge is -2.20. The monoisotopic (exact) mass is 291 g/mol. The van der Waals surface area contributed by atoms with Crippen LogP contribution in [-0.4, -0.2) is 16.8 Å². The van der Waals surface area contributed by atoms with Gasteiger partial charge in [-0.05, 0) is 32.9 Å². The van der Waals surface area contributed by atoms with Crippen molar-refractivity contribution in [3.63, 3.8) is 0 Å². The van der Waals surface area contributed by atoms with Gasteiger partial charge in [-0.1, -0.05) is 47.9 Å². The highest BCUT2D eigenvalue weighted by Crippen LogP contribution is 2.29. The van der Waals surface area contributed by atoms with E-state index in [4.69, 9.17) is 11.6 Å². The minimum Gasteiger partial charge on any atom is -0.308 e. The summed E-state index contributed by atoms with van der Waals surface area (Å²) in [6.07, 6.45) is 2.77. The van der Waals surface area contributed by atoms with Gasteiger partial charge in [0.15, 0.2) is 0 Å². The van der Waals surface area contributed by atoms with Crippen molar-refractivity contribution in [1.29, 1.82) is 0 Å². The minimum absolute atomic E-state index is 0.0650. The number of benzene rings is 1. The largest absolute Gasteiger partial charge is 0.308 e. The first-order valence-electron chi connectivity index (χ1n) is 7.03. The Bertz CT molecular complexity index is 569. The minimum atomic E-state index is 0.0650. The van der Waals surface area contributed by atoms with E-state index in [0.717, 1.165) is 23.7 Å². The Morgan fingerprint density at radius 3 is 2.45 bits per heavy atom. The fourth-order valence-corrected chi connectivity index (χ4v) is 2.94. The van der Waals surface area contributed by atoms with Gasteiger partial charge in [0.1, 0.15) is 0 Å². The molecule has 0 bridgehead atoms. The van der Waals surface area contributed by atoms with E-state index in [9.17, 15) is 0 Å². The summed E-state index contributed by atoms with van der Waals surface area (Å²) >= 11 is 6.36. The number of rotatable bonds is 5. The smallest absolute Gasteiger partial charge is 0.0837 e. The molecule has 1 N–H and O–H groups in total. The second-order valence-electron chi connectivity index (χ2n) is 5.24. The molecule has 3 nitrogen and oxygen atoms in total. The number of hydrogen-bond donors (Lipinski definition) is 1. The SMILES string of the molecule is CCCn1ncc(Cl)c1C(NC)c1cc(C)cc(C)c1. The van der Waals surface area contributed by atoms with Crippen LogP contribution in [0, 0.1) is 13.8 Å². The Kier molecular flexibility index (Phi) is 4.84. The number of hydrogen-bond acceptors (Lipinski definition) is 2. The molecule has 2 aromatic rings. The quantitative estimate of drug-likeness (QED) is 0.906. The summed E-state index contributed by atoms with van der Waals surface area (Å²) in [5, 5.41) is 8.48. The van der Waals surface area contributed by atoms with Crippen LogP contribution in [0.4, 0.5) is 0 Å². The van der Waals surface area contributed by atoms with E-state index in [1.165, 1.54) is 16.7 Å². The highest BCUT2D eigenvalue weighted by molar-refractivity contribution is 6.31. The van der Waals surface area contributed by atoms with Crippen LogP contribution in [0.25, 0.3) is 0 Å². The number of aromatic nitrogens is 2. The summed E-state index contributed by atoms with van der Waals surface area (Å²) in [4.78, 5) is 0. The zero-order chi connectivity index (χ0) is 14.7. The summed E-state index contributed by atoms with van der Waals surface area (Å²) in [7, 11) is 1.96. The van der Waals surface area contributed by atoms with E-state index < -0.39 is 0 Å². The van der Waals surface area contributed by atoms with Crippen molar-refractivity contribution in [3.8, 4) is 0 Å². The van der Waals surface area contributed by atoms with Crippen molar-refractivity contribution in [2.45, 2.75) is 39.8 Å². The molecule has 0 radical (unpaired) electrons. The molecule has 0 fully saturated rings. The Hall–Kier alpha value is -1.32. The topological polar surface area (TPSA) is 29.9 Å². The van der Waals surface area contributed by atoms with Gasteiger partial charge in [0.2, 0.25) is 0 Å². The molecule has 1 heterocycles. The molecule has 0 aliphatic rings. The molecule has 0 amide bonds. The third kappa shape index (κ3) is 3.05. The molecule has 1 aromatic heterocycles. The molecule has 4 heteroatoms. The van der Waals surface area contributed by atoms with E-state index in [1.807, 2.05) is 11.7 Å². The summed E-state index contributed by atoms with van der Waals surface area (Å²) in [6, 6.07) is 6.65. The highest BCUT2D eigenvalue weighted by Gasteiger charge is 2.20. The summed E-state index contributed by atoms with van der Waals surface area (Å²) in [5.41, 5.74) is 4.79. The third-order valence-corrected chi connectivity index (χ3v) is 3.70. The van der Waals surface area contributed by atoms with Crippen LogP contribution < -0.4 is 5.32 Å². The molecule has 0 spiro atoms. The van der Waals surface area contributed by atoms with Crippen molar-refractivity contribution < 1.29 is 0 Å². The lowest BCUT2D eigenvalue weighted by Crippen LogP contribution is -2.22. The summed E-state index contributed by atoms with van der Waals surface area (Å²) < 4.78 is 2.00. The van der Waals surface area contributed by atoms with Crippen LogP contribution in [0.1, 0.15) is 41.8 Å². The first-order valence-corrected chi connectivity index (χ1v) is 7.41. The van der Waals surface area contributed by atoms with Crippen molar-refractivity contribution in [2.24, 2.45) is 0 Å². The van der Waals surface area contributed by atoms with Gasteiger partial charge in [-0.15, -0.1) is 0 Å². The molecule has 2 rings (SSSR count). The number of nitrogens with one attached hydrogen (secondary N) is 1. The van der Waals surface area contributed by atoms with Gasteiger partial charge < -0.3 is 5.32 Å². The molecular formula is C16H22ClN3. The zero-order valence-corrected chi connectivity index (χ0v) is 13.3. The Morgan fingerprint density at radius 2 is 1.90 bits per heavy atom. The molecular weight excluding hydrogens is 270 g/mol. The number of halogens is 1. The zero-order valence-electron chi connectivity index (χ0n) is 12.6. The van der Waals surface area contributed by atoms with Crippen LogP contribution in [-0.2, 0) is 6.54 Å². The molecule has 0 saturated heterocycles. The fourth-order valence-electron chi connectivity index (χ4n) is 2.69. The van der Waals surface area contributed by atoms with Crippen LogP contribution in [0.2, 0.25) is 5.02 Å². The maximum absolute atomic E-state index is 6.36. The Balaban J connectivity index is 2.49. The molecule has 20 heavy (non-hydrogen) atoms. The Labute approximate surface area is 126 Å². The lowest BCUT2D eigenvalue weighted by molar-refractivity contribution is 0.534. The maximum Gasteiger partial charge on any atom is 0.0837 e. The maximum atomic E-state index is 6.36. The van der Waals surface area contributed by atoms with Gasteiger partial charge in [-0.2, -0.15) is 5.10 Å². The predicted molar refractivity (Wildman–Crippen MR) is 84.3 cm³/mol. The van der Waals surface area contributed by atoms with Crippen molar-refractivity contribution in [2.75, 3.05) is 7.05 Å². The van der Waals surface area contributed by atoms with E-state index in [2.05, 4.69) is 49.4 Å². The van der Waals surface area contributed by atoms with Crippen molar-refractivity contribution in [1.82, 2.24) is 15.1 Å². The first kappa shape index (κ1) is 15.1. The standard InChI is InChI=1S/C16H22ClN3/c1-5-6-20-16(14(17)10-19-20)15(18-4)13-8-11(2)7-12(3)9-13/h7-10,15,18H,5-6H2,1-4H3. The molecule has 1 unspecified atom stereocenters. The number of aryl methyl sites for hydroxylation is 3. The first-order chi connectivity index (χ1) is 9.56. The van der Waals surface area contributed by atoms with E-state index >= 15 is 0 Å². The second-order valence-corrected chi connectivity index (χ2v) is 5.65. The lowest BCUT2D eigenvalue weighted by atomic mass is 9.99. The van der Waals surface area contributed by atoms with E-state index in [0.29, 0.717) is 0 Å². The molecule has 1 atom stereocenters. The highest BCUT2D eigenvalue weighted by atomic mass is 35.5. The van der Waals surface area contributed by atoms with Crippen LogP contribution in [0.3, 0.4) is 0 Å². The fraction of sp³-hybridized carbons (Fsp3) is 0.438. The van der Waals surface area contributed by atoms with Gasteiger partial charge in [0.25, 0.3) is 0 Å². The second kappa shape index (κ2) is 6.42. The molecule has 108 valence electrons. The third-order valence-electron chi connectivity index (χ3n) is 3.41. The molecule has 1 aromatic carbocycles. The molecule has 0 aliphatic carbocycles. The normalized spacial score (nSPS) is 12.7. The average molecular weight is 292 g/mol. The van der Waals surface area contributed by atoms with Gasteiger partial charge >= 0.3 is 0 Å². The van der Waals surface area contributed by atoms with Gasteiger partial charge in [-0.25, -0.2) is 0 Å². The van der Waals surface area contributed by atoms with E-state index in [-0.39, 0.29) is 6.04 Å². The average Bonchev–Trinajstić information content (AvgIpc) is 2.72. The summed E-state index contributed by atoms with van der Waals surface area (Å²) in [6.45, 7) is 7.26. The predicted octanol–water partition coefficient (Wildman–Crippen LogP) is 3.87. The summed E-state index contributed by atoms with van der Waals surface area (Å²) in [5.74, 6) is 0. The Morgan fingerprint density at radius 1 is 1.25 bits per heavy atom. The number of nitrogens with zero attached hydrogens (tertiary/aromatic N) is 2. The molecule has 0 saturated carbocycles. The van der Waals surface area contributed by atoms with Crippen LogP contribution in [0.5, 0.6) is 0 Å². The van der Waals surface area contributed by atoms with Crippen molar-refractivity contribution in [3.05, 3.63) is 51.8 Å². The van der Waals surface area contributed by atoms with Crippen LogP contribution >= 0.6 is 11.6 Å². The van der Waals surface area contributed by atoms with Crippen molar-refractivity contribution >= 4 is 11.6 Å². The van der Waals surface area contributed by atoms with Gasteiger partial charge in [-0.3, -0.25) is 4.68 Å².